The van der Waals surface area contributed by atoms with E-state index in [4.69, 9.17) is 0 Å². The van der Waals surface area contributed by atoms with E-state index >= 15 is 0 Å². The number of nitrogens with zero attached hydrogens (tertiary/aromatic N) is 2. The molecule has 16 heavy (non-hydrogen) atoms. The second kappa shape index (κ2) is 5.20. The number of fused-ring (bicyclic) bond motifs is 1. The van der Waals surface area contributed by atoms with Crippen molar-refractivity contribution in [3.63, 3.8) is 0 Å². The first kappa shape index (κ1) is 11.3. The van der Waals surface area contributed by atoms with Crippen LogP contribution < -0.4 is 0 Å². The van der Waals surface area contributed by atoms with Crippen molar-refractivity contribution in [3.8, 4) is 0 Å². The molecule has 2 fully saturated rings. The molecule has 4 heteroatoms. The van der Waals surface area contributed by atoms with E-state index in [-0.39, 0.29) is 18.0 Å². The molecule has 0 spiro atoms. The van der Waals surface area contributed by atoms with Gasteiger partial charge in [-0.3, -0.25) is 0 Å². The Balaban J connectivity index is 2.21. The van der Waals surface area contributed by atoms with Gasteiger partial charge in [-0.1, -0.05) is 12.8 Å². The standard InChI is InChI=1S/C12H16N2O2/c15-7-13-10-5-1-3-9-4-2-6-11(12(9)10)14-8-16/h9-12H,1-6H2. The van der Waals surface area contributed by atoms with Gasteiger partial charge in [0.15, 0.2) is 0 Å². The summed E-state index contributed by atoms with van der Waals surface area (Å²) < 4.78 is 0. The van der Waals surface area contributed by atoms with E-state index in [0.29, 0.717) is 5.92 Å². The highest BCUT2D eigenvalue weighted by Crippen LogP contribution is 2.43. The number of aliphatic imine (C=N–C) groups is 2. The molecular weight excluding hydrogens is 204 g/mol. The number of isocyanates is 2. The van der Waals surface area contributed by atoms with Crippen LogP contribution in [0.2, 0.25) is 0 Å². The Labute approximate surface area is 94.9 Å². The maximum atomic E-state index is 10.4. The van der Waals surface area contributed by atoms with Crippen LogP contribution in [0, 0.1) is 11.8 Å². The molecule has 0 aromatic heterocycles. The van der Waals surface area contributed by atoms with Crippen LogP contribution in [0.1, 0.15) is 38.5 Å². The monoisotopic (exact) mass is 220 g/mol. The SMILES string of the molecule is O=C=NC1CCCC2CCCC(N=C=O)C21. The third-order valence-electron chi connectivity index (χ3n) is 4.02. The molecule has 0 bridgehead atoms. The molecule has 0 amide bonds. The van der Waals surface area contributed by atoms with Crippen LogP contribution in [0.15, 0.2) is 9.98 Å². The maximum Gasteiger partial charge on any atom is 0.235 e. The minimum absolute atomic E-state index is 0.0265. The molecule has 0 aromatic carbocycles. The summed E-state index contributed by atoms with van der Waals surface area (Å²) >= 11 is 0. The summed E-state index contributed by atoms with van der Waals surface area (Å²) in [5.41, 5.74) is 0. The predicted molar refractivity (Wildman–Crippen MR) is 58.5 cm³/mol. The van der Waals surface area contributed by atoms with Gasteiger partial charge >= 0.3 is 0 Å². The lowest BCUT2D eigenvalue weighted by atomic mass is 9.66. The van der Waals surface area contributed by atoms with Gasteiger partial charge < -0.3 is 0 Å². The van der Waals surface area contributed by atoms with E-state index in [9.17, 15) is 9.59 Å². The first-order valence-electron chi connectivity index (χ1n) is 6.00. The molecule has 0 aromatic rings. The van der Waals surface area contributed by atoms with E-state index in [1.54, 1.807) is 12.2 Å². The smallest absolute Gasteiger partial charge is 0.211 e. The molecule has 2 saturated carbocycles. The lowest BCUT2D eigenvalue weighted by molar-refractivity contribution is 0.126. The van der Waals surface area contributed by atoms with Crippen molar-refractivity contribution in [2.75, 3.05) is 0 Å². The molecule has 2 rings (SSSR count). The van der Waals surface area contributed by atoms with Gasteiger partial charge in [-0.2, -0.15) is 0 Å². The van der Waals surface area contributed by atoms with Gasteiger partial charge in [-0.15, -0.1) is 0 Å². The van der Waals surface area contributed by atoms with E-state index in [2.05, 4.69) is 9.98 Å². The highest BCUT2D eigenvalue weighted by molar-refractivity contribution is 5.35. The quantitative estimate of drug-likeness (QED) is 0.528. The highest BCUT2D eigenvalue weighted by Gasteiger charge is 2.41. The van der Waals surface area contributed by atoms with Gasteiger partial charge in [0, 0.05) is 5.92 Å². The fourth-order valence-electron chi connectivity index (χ4n) is 3.41. The zero-order valence-electron chi connectivity index (χ0n) is 9.26. The largest absolute Gasteiger partial charge is 0.235 e. The topological polar surface area (TPSA) is 58.9 Å². The van der Waals surface area contributed by atoms with E-state index in [0.717, 1.165) is 25.7 Å². The summed E-state index contributed by atoms with van der Waals surface area (Å²) in [6.45, 7) is 0. The summed E-state index contributed by atoms with van der Waals surface area (Å²) in [4.78, 5) is 28.6. The van der Waals surface area contributed by atoms with Crippen LogP contribution in [0.3, 0.4) is 0 Å². The fraction of sp³-hybridized carbons (Fsp3) is 0.833. The third kappa shape index (κ3) is 2.13. The Bertz CT molecular complexity index is 311. The lowest BCUT2D eigenvalue weighted by Gasteiger charge is -2.42. The van der Waals surface area contributed by atoms with E-state index < -0.39 is 0 Å². The summed E-state index contributed by atoms with van der Waals surface area (Å²) in [6, 6.07) is 0.0531. The Morgan fingerprint density at radius 2 is 1.31 bits per heavy atom. The lowest BCUT2D eigenvalue weighted by Crippen LogP contribution is -2.41. The Kier molecular flexibility index (Phi) is 3.66. The van der Waals surface area contributed by atoms with Crippen LogP contribution in [0.4, 0.5) is 0 Å². The molecule has 0 radical (unpaired) electrons. The Morgan fingerprint density at radius 1 is 0.812 bits per heavy atom. The van der Waals surface area contributed by atoms with Crippen LogP contribution in [0.25, 0.3) is 0 Å². The van der Waals surface area contributed by atoms with Crippen LogP contribution in [0.5, 0.6) is 0 Å². The van der Waals surface area contributed by atoms with Crippen LogP contribution in [-0.4, -0.2) is 24.2 Å². The van der Waals surface area contributed by atoms with Gasteiger partial charge in [0.2, 0.25) is 12.2 Å². The first-order valence-corrected chi connectivity index (χ1v) is 6.00. The highest BCUT2D eigenvalue weighted by atomic mass is 16.1. The molecule has 2 atom stereocenters. The Morgan fingerprint density at radius 3 is 1.75 bits per heavy atom. The summed E-state index contributed by atoms with van der Waals surface area (Å²) in [5.74, 6) is 0.845. The van der Waals surface area contributed by atoms with Crippen molar-refractivity contribution in [2.45, 2.75) is 50.6 Å². The fourth-order valence-corrected chi connectivity index (χ4v) is 3.41. The average molecular weight is 220 g/mol. The second-order valence-corrected chi connectivity index (χ2v) is 4.77. The average Bonchev–Trinajstić information content (AvgIpc) is 2.30. The second-order valence-electron chi connectivity index (χ2n) is 4.77. The van der Waals surface area contributed by atoms with Gasteiger partial charge in [-0.05, 0) is 31.6 Å². The molecule has 2 unspecified atom stereocenters. The van der Waals surface area contributed by atoms with Crippen LogP contribution >= 0.6 is 0 Å². The third-order valence-corrected chi connectivity index (χ3v) is 4.02. The van der Waals surface area contributed by atoms with Crippen molar-refractivity contribution in [3.05, 3.63) is 0 Å². The van der Waals surface area contributed by atoms with Crippen molar-refractivity contribution >= 4 is 12.2 Å². The zero-order chi connectivity index (χ0) is 11.4. The maximum absolute atomic E-state index is 10.4. The number of hydrogen-bond donors (Lipinski definition) is 0. The minimum Gasteiger partial charge on any atom is -0.211 e. The molecule has 4 nitrogen and oxygen atoms in total. The molecule has 2 aliphatic rings. The van der Waals surface area contributed by atoms with Gasteiger partial charge in [-0.25, -0.2) is 19.6 Å². The van der Waals surface area contributed by atoms with Crippen molar-refractivity contribution in [1.82, 2.24) is 0 Å². The van der Waals surface area contributed by atoms with Gasteiger partial charge in [0.1, 0.15) is 0 Å². The van der Waals surface area contributed by atoms with Crippen molar-refractivity contribution in [1.29, 1.82) is 0 Å². The number of rotatable bonds is 2. The minimum atomic E-state index is 0.0265. The van der Waals surface area contributed by atoms with Gasteiger partial charge in [0.05, 0.1) is 12.1 Å². The molecule has 2 aliphatic carbocycles. The first-order chi connectivity index (χ1) is 7.86. The number of hydrogen-bond acceptors (Lipinski definition) is 4. The summed E-state index contributed by atoms with van der Waals surface area (Å²) in [5, 5.41) is 0. The van der Waals surface area contributed by atoms with E-state index in [1.165, 1.54) is 12.8 Å². The van der Waals surface area contributed by atoms with Crippen LogP contribution in [-0.2, 0) is 9.59 Å². The summed E-state index contributed by atoms with van der Waals surface area (Å²) in [6.07, 6.45) is 9.80. The molecule has 0 N–H and O–H groups in total. The predicted octanol–water partition coefficient (Wildman–Crippen LogP) is 2.00. The van der Waals surface area contributed by atoms with Gasteiger partial charge in [0.25, 0.3) is 0 Å². The molecular formula is C12H16N2O2. The molecule has 86 valence electrons. The number of carbonyl (C=O) groups excluding carboxylic acids is 2. The summed E-state index contributed by atoms with van der Waals surface area (Å²) in [7, 11) is 0. The molecule has 0 saturated heterocycles. The van der Waals surface area contributed by atoms with Crippen molar-refractivity contribution in [2.24, 2.45) is 21.8 Å². The van der Waals surface area contributed by atoms with Crippen molar-refractivity contribution < 1.29 is 9.59 Å². The molecule has 0 aliphatic heterocycles. The zero-order valence-corrected chi connectivity index (χ0v) is 9.26. The van der Waals surface area contributed by atoms with E-state index in [1.807, 2.05) is 0 Å². The molecule has 0 heterocycles. The Hall–Kier alpha value is -1.24. The normalized spacial score (nSPS) is 37.8.